The fourth-order valence-electron chi connectivity index (χ4n) is 2.31. The van der Waals surface area contributed by atoms with Crippen LogP contribution in [-0.4, -0.2) is 34.8 Å². The lowest BCUT2D eigenvalue weighted by molar-refractivity contribution is 0.553. The lowest BCUT2D eigenvalue weighted by Gasteiger charge is -2.05. The predicted molar refractivity (Wildman–Crippen MR) is 79.7 cm³/mol. The molecule has 7 heteroatoms. The first-order chi connectivity index (χ1) is 10.8. The topological polar surface area (TPSA) is 73.8 Å². The molecule has 0 amide bonds. The number of benzene rings is 1. The fraction of sp³-hybridized carbons (Fsp3) is 0.133. The van der Waals surface area contributed by atoms with Crippen molar-refractivity contribution < 1.29 is 0 Å². The Morgan fingerprint density at radius 1 is 1.18 bits per heavy atom. The van der Waals surface area contributed by atoms with Crippen LogP contribution < -0.4 is 0 Å². The second-order valence-corrected chi connectivity index (χ2v) is 4.74. The van der Waals surface area contributed by atoms with Crippen molar-refractivity contribution in [1.82, 2.24) is 34.8 Å². The SMILES string of the molecule is CCn1nnc(-c2cccc(-c3ccnc4[c]cnn34)c2)n1. The first kappa shape index (κ1) is 12.6. The number of rotatable bonds is 3. The summed E-state index contributed by atoms with van der Waals surface area (Å²) in [5.41, 5.74) is 3.56. The van der Waals surface area contributed by atoms with Gasteiger partial charge in [-0.1, -0.05) is 18.2 Å². The molecule has 0 spiro atoms. The number of tetrazole rings is 1. The zero-order chi connectivity index (χ0) is 14.9. The van der Waals surface area contributed by atoms with Gasteiger partial charge in [-0.2, -0.15) is 9.90 Å². The van der Waals surface area contributed by atoms with Crippen molar-refractivity contribution in [2.24, 2.45) is 0 Å². The van der Waals surface area contributed by atoms with E-state index in [0.717, 1.165) is 16.8 Å². The first-order valence-electron chi connectivity index (χ1n) is 6.94. The largest absolute Gasteiger partial charge is 0.236 e. The van der Waals surface area contributed by atoms with Crippen LogP contribution in [0.1, 0.15) is 6.92 Å². The molecule has 0 aliphatic carbocycles. The third-order valence-electron chi connectivity index (χ3n) is 3.38. The zero-order valence-corrected chi connectivity index (χ0v) is 11.9. The summed E-state index contributed by atoms with van der Waals surface area (Å²) >= 11 is 0. The van der Waals surface area contributed by atoms with Crippen molar-refractivity contribution in [3.8, 4) is 22.6 Å². The van der Waals surface area contributed by atoms with Gasteiger partial charge in [0.2, 0.25) is 5.82 Å². The van der Waals surface area contributed by atoms with Crippen molar-refractivity contribution in [1.29, 1.82) is 0 Å². The van der Waals surface area contributed by atoms with Gasteiger partial charge in [0.15, 0.2) is 5.65 Å². The highest BCUT2D eigenvalue weighted by atomic mass is 15.6. The third-order valence-corrected chi connectivity index (χ3v) is 3.38. The molecule has 1 radical (unpaired) electrons. The Bertz CT molecular complexity index is 938. The minimum Gasteiger partial charge on any atom is -0.236 e. The van der Waals surface area contributed by atoms with Crippen LogP contribution >= 0.6 is 0 Å². The van der Waals surface area contributed by atoms with Gasteiger partial charge in [0.25, 0.3) is 0 Å². The van der Waals surface area contributed by atoms with E-state index in [4.69, 9.17) is 0 Å². The van der Waals surface area contributed by atoms with Crippen LogP contribution in [0.5, 0.6) is 0 Å². The number of hydrogen-bond acceptors (Lipinski definition) is 5. The summed E-state index contributed by atoms with van der Waals surface area (Å²) in [5, 5.41) is 16.7. The fourth-order valence-corrected chi connectivity index (χ4v) is 2.31. The quantitative estimate of drug-likeness (QED) is 0.576. The summed E-state index contributed by atoms with van der Waals surface area (Å²) in [5.74, 6) is 0.612. The van der Waals surface area contributed by atoms with Crippen LogP contribution in [0, 0.1) is 6.07 Å². The molecule has 0 saturated carbocycles. The number of hydrogen-bond donors (Lipinski definition) is 0. The molecule has 3 heterocycles. The second-order valence-electron chi connectivity index (χ2n) is 4.74. The van der Waals surface area contributed by atoms with Gasteiger partial charge >= 0.3 is 0 Å². The molecule has 4 aromatic rings. The molecule has 0 N–H and O–H groups in total. The number of aromatic nitrogens is 7. The zero-order valence-electron chi connectivity index (χ0n) is 11.9. The molecule has 0 aliphatic heterocycles. The molecule has 1 aromatic carbocycles. The average Bonchev–Trinajstić information content (AvgIpc) is 3.23. The van der Waals surface area contributed by atoms with E-state index < -0.39 is 0 Å². The molecule has 0 saturated heterocycles. The average molecular weight is 290 g/mol. The predicted octanol–water partition coefficient (Wildman–Crippen LogP) is 1.87. The number of aryl methyl sites for hydroxylation is 1. The summed E-state index contributed by atoms with van der Waals surface area (Å²) < 4.78 is 1.76. The highest BCUT2D eigenvalue weighted by Gasteiger charge is 2.09. The van der Waals surface area contributed by atoms with Crippen LogP contribution in [0.2, 0.25) is 0 Å². The van der Waals surface area contributed by atoms with Crippen molar-refractivity contribution >= 4 is 5.65 Å². The Kier molecular flexibility index (Phi) is 2.89. The molecule has 0 unspecified atom stereocenters. The normalized spacial score (nSPS) is 11.1. The van der Waals surface area contributed by atoms with Gasteiger partial charge in [-0.3, -0.25) is 0 Å². The van der Waals surface area contributed by atoms with Crippen molar-refractivity contribution in [3.05, 3.63) is 48.8 Å². The Morgan fingerprint density at radius 3 is 2.95 bits per heavy atom. The van der Waals surface area contributed by atoms with Gasteiger partial charge < -0.3 is 0 Å². The Labute approximate surface area is 126 Å². The van der Waals surface area contributed by atoms with E-state index in [1.165, 1.54) is 0 Å². The molecular formula is C15H12N7. The van der Waals surface area contributed by atoms with Gasteiger partial charge in [0, 0.05) is 17.3 Å². The molecule has 4 rings (SSSR count). The molecule has 7 nitrogen and oxygen atoms in total. The van der Waals surface area contributed by atoms with E-state index in [2.05, 4.69) is 31.6 Å². The van der Waals surface area contributed by atoms with Crippen molar-refractivity contribution in [3.63, 3.8) is 0 Å². The molecule has 3 aromatic heterocycles. The van der Waals surface area contributed by atoms with E-state index in [0.29, 0.717) is 18.0 Å². The first-order valence-corrected chi connectivity index (χ1v) is 6.94. The van der Waals surface area contributed by atoms with E-state index in [1.54, 1.807) is 21.7 Å². The maximum absolute atomic E-state index is 4.34. The Balaban J connectivity index is 1.83. The van der Waals surface area contributed by atoms with Crippen LogP contribution in [0.15, 0.2) is 42.7 Å². The minimum absolute atomic E-state index is 0.612. The highest BCUT2D eigenvalue weighted by molar-refractivity contribution is 5.68. The lowest BCUT2D eigenvalue weighted by atomic mass is 10.1. The summed E-state index contributed by atoms with van der Waals surface area (Å²) in [4.78, 5) is 5.79. The van der Waals surface area contributed by atoms with Crippen LogP contribution in [0.3, 0.4) is 0 Å². The minimum atomic E-state index is 0.612. The highest BCUT2D eigenvalue weighted by Crippen LogP contribution is 2.24. The second kappa shape index (κ2) is 5.03. The van der Waals surface area contributed by atoms with Gasteiger partial charge in [0.05, 0.1) is 24.5 Å². The van der Waals surface area contributed by atoms with Gasteiger partial charge in [0.1, 0.15) is 0 Å². The maximum atomic E-state index is 4.34. The Hall–Kier alpha value is -3.09. The lowest BCUT2D eigenvalue weighted by Crippen LogP contribution is -1.98. The standard InChI is InChI=1S/C15H12N7/c1-2-21-19-15(18-20-21)12-5-3-4-11(10-12)13-6-8-16-14-7-9-17-22(13)14/h3-6,8-10H,2H2,1H3. The van der Waals surface area contributed by atoms with Crippen LogP contribution in [-0.2, 0) is 6.54 Å². The summed E-state index contributed by atoms with van der Waals surface area (Å²) in [7, 11) is 0. The maximum Gasteiger partial charge on any atom is 0.204 e. The molecule has 22 heavy (non-hydrogen) atoms. The van der Waals surface area contributed by atoms with E-state index >= 15 is 0 Å². The summed E-state index contributed by atoms with van der Waals surface area (Å²) in [6.45, 7) is 2.67. The number of fused-ring (bicyclic) bond motifs is 1. The van der Waals surface area contributed by atoms with Crippen LogP contribution in [0.4, 0.5) is 0 Å². The number of nitrogens with zero attached hydrogens (tertiary/aromatic N) is 7. The Morgan fingerprint density at radius 2 is 2.09 bits per heavy atom. The van der Waals surface area contributed by atoms with Gasteiger partial charge in [-0.05, 0) is 24.3 Å². The molecule has 107 valence electrons. The van der Waals surface area contributed by atoms with Gasteiger partial charge in [-0.15, -0.1) is 10.2 Å². The molecule has 0 atom stereocenters. The van der Waals surface area contributed by atoms with E-state index in [-0.39, 0.29) is 0 Å². The van der Waals surface area contributed by atoms with Crippen molar-refractivity contribution in [2.45, 2.75) is 13.5 Å². The molecule has 0 aliphatic rings. The monoisotopic (exact) mass is 290 g/mol. The molecular weight excluding hydrogens is 278 g/mol. The van der Waals surface area contributed by atoms with E-state index in [9.17, 15) is 0 Å². The summed E-state index contributed by atoms with van der Waals surface area (Å²) in [6, 6.07) is 12.9. The van der Waals surface area contributed by atoms with E-state index in [1.807, 2.05) is 37.3 Å². The molecule has 0 fully saturated rings. The smallest absolute Gasteiger partial charge is 0.204 e. The summed E-state index contributed by atoms with van der Waals surface area (Å²) in [6.07, 6.45) is 3.37. The van der Waals surface area contributed by atoms with Crippen molar-refractivity contribution in [2.75, 3.05) is 0 Å². The van der Waals surface area contributed by atoms with Crippen LogP contribution in [0.25, 0.3) is 28.3 Å². The van der Waals surface area contributed by atoms with Gasteiger partial charge in [-0.25, -0.2) is 9.50 Å². The third kappa shape index (κ3) is 2.03. The molecule has 0 bridgehead atoms.